The summed E-state index contributed by atoms with van der Waals surface area (Å²) in [6.07, 6.45) is 1.73. The minimum atomic E-state index is -1.31. The first-order valence-corrected chi connectivity index (χ1v) is 6.62. The van der Waals surface area contributed by atoms with Gasteiger partial charge in [-0.25, -0.2) is 4.79 Å². The molecule has 1 saturated heterocycles. The molecular formula is C12H17N5O4. The lowest BCUT2D eigenvalue weighted by atomic mass is 10.1. The van der Waals surface area contributed by atoms with E-state index >= 15 is 0 Å². The van der Waals surface area contributed by atoms with E-state index in [-0.39, 0.29) is 0 Å². The summed E-state index contributed by atoms with van der Waals surface area (Å²) in [5.41, 5.74) is 7.42. The van der Waals surface area contributed by atoms with Gasteiger partial charge in [-0.15, -0.1) is 0 Å². The second-order valence-electron chi connectivity index (χ2n) is 4.76. The van der Waals surface area contributed by atoms with E-state index in [2.05, 4.69) is 15.0 Å². The van der Waals surface area contributed by atoms with Gasteiger partial charge < -0.3 is 14.6 Å². The fourth-order valence-electron chi connectivity index (χ4n) is 2.26. The summed E-state index contributed by atoms with van der Waals surface area (Å²) >= 11 is 0. The van der Waals surface area contributed by atoms with Crippen LogP contribution >= 0.6 is 0 Å². The SMILES string of the molecule is CCOc1nc(=O)n([C@@H]2CC[C@](CO)(N=[N+]=[N-])O2)cc1C. The maximum Gasteiger partial charge on any atom is 0.352 e. The first kappa shape index (κ1) is 15.3. The van der Waals surface area contributed by atoms with Crippen LogP contribution in [-0.2, 0) is 4.74 Å². The number of aliphatic hydroxyl groups is 1. The number of nitrogens with zero attached hydrogens (tertiary/aromatic N) is 5. The fourth-order valence-corrected chi connectivity index (χ4v) is 2.26. The topological polar surface area (TPSA) is 122 Å². The average molecular weight is 295 g/mol. The first-order chi connectivity index (χ1) is 10.0. The van der Waals surface area contributed by atoms with Crippen molar-refractivity contribution in [3.8, 4) is 5.88 Å². The van der Waals surface area contributed by atoms with E-state index in [1.807, 2.05) is 6.92 Å². The summed E-state index contributed by atoms with van der Waals surface area (Å²) in [5.74, 6) is 0.292. The predicted octanol–water partition coefficient (Wildman–Crippen LogP) is 1.26. The van der Waals surface area contributed by atoms with Crippen molar-refractivity contribution in [2.45, 2.75) is 38.6 Å². The summed E-state index contributed by atoms with van der Waals surface area (Å²) in [4.78, 5) is 18.6. The Labute approximate surface area is 120 Å². The third-order valence-electron chi connectivity index (χ3n) is 3.29. The molecule has 1 fully saturated rings. The number of azide groups is 1. The van der Waals surface area contributed by atoms with Crippen LogP contribution in [0.1, 0.15) is 31.6 Å². The van der Waals surface area contributed by atoms with Crippen molar-refractivity contribution >= 4 is 0 Å². The van der Waals surface area contributed by atoms with Gasteiger partial charge in [0.15, 0.2) is 5.72 Å². The number of aryl methyl sites for hydroxylation is 1. The summed E-state index contributed by atoms with van der Waals surface area (Å²) in [6, 6.07) is 0. The highest BCUT2D eigenvalue weighted by molar-refractivity contribution is 5.20. The third-order valence-corrected chi connectivity index (χ3v) is 3.29. The summed E-state index contributed by atoms with van der Waals surface area (Å²) in [7, 11) is 0. The monoisotopic (exact) mass is 295 g/mol. The lowest BCUT2D eigenvalue weighted by molar-refractivity contribution is -0.0952. The number of hydrogen-bond donors (Lipinski definition) is 1. The molecule has 21 heavy (non-hydrogen) atoms. The van der Waals surface area contributed by atoms with Crippen LogP contribution in [0.25, 0.3) is 10.4 Å². The van der Waals surface area contributed by atoms with Crippen LogP contribution < -0.4 is 10.4 Å². The van der Waals surface area contributed by atoms with Gasteiger partial charge in [0, 0.05) is 16.7 Å². The molecule has 1 aliphatic heterocycles. The minimum Gasteiger partial charge on any atom is -0.478 e. The van der Waals surface area contributed by atoms with Crippen LogP contribution in [0.4, 0.5) is 0 Å². The second kappa shape index (κ2) is 6.13. The van der Waals surface area contributed by atoms with Crippen LogP contribution in [0.3, 0.4) is 0 Å². The fraction of sp³-hybridized carbons (Fsp3) is 0.667. The van der Waals surface area contributed by atoms with E-state index < -0.39 is 24.2 Å². The molecule has 1 aromatic heterocycles. The standard InChI is InChI=1S/C12H17N5O4/c1-3-20-10-8(2)6-17(11(19)14-10)9-4-5-12(7-18,21-9)15-16-13/h6,9,18H,3-5,7H2,1-2H3/t9-,12-/m0/s1. The zero-order valence-corrected chi connectivity index (χ0v) is 11.9. The van der Waals surface area contributed by atoms with E-state index in [9.17, 15) is 9.90 Å². The highest BCUT2D eigenvalue weighted by Gasteiger charge is 2.40. The Balaban J connectivity index is 2.30. The molecule has 2 atom stereocenters. The Kier molecular flexibility index (Phi) is 4.46. The van der Waals surface area contributed by atoms with Crippen molar-refractivity contribution in [2.24, 2.45) is 5.11 Å². The zero-order valence-electron chi connectivity index (χ0n) is 11.9. The van der Waals surface area contributed by atoms with Crippen molar-refractivity contribution in [3.63, 3.8) is 0 Å². The van der Waals surface area contributed by atoms with Gasteiger partial charge in [0.25, 0.3) is 0 Å². The third kappa shape index (κ3) is 2.99. The maximum atomic E-state index is 12.0. The summed E-state index contributed by atoms with van der Waals surface area (Å²) in [6.45, 7) is 3.56. The molecule has 0 amide bonds. The lowest BCUT2D eigenvalue weighted by Gasteiger charge is -2.22. The van der Waals surface area contributed by atoms with Gasteiger partial charge in [0.2, 0.25) is 5.88 Å². The Morgan fingerprint density at radius 3 is 3.14 bits per heavy atom. The Morgan fingerprint density at radius 2 is 2.52 bits per heavy atom. The number of hydrogen-bond acceptors (Lipinski definition) is 6. The predicted molar refractivity (Wildman–Crippen MR) is 72.7 cm³/mol. The molecule has 0 saturated carbocycles. The minimum absolute atomic E-state index is 0.292. The van der Waals surface area contributed by atoms with Crippen molar-refractivity contribution < 1.29 is 14.6 Å². The largest absolute Gasteiger partial charge is 0.478 e. The van der Waals surface area contributed by atoms with Gasteiger partial charge in [-0.3, -0.25) is 4.57 Å². The Bertz CT molecular complexity index is 625. The van der Waals surface area contributed by atoms with Gasteiger partial charge in [-0.1, -0.05) is 5.11 Å². The maximum absolute atomic E-state index is 12.0. The molecule has 1 aliphatic rings. The van der Waals surface area contributed by atoms with E-state index in [0.717, 1.165) is 0 Å². The van der Waals surface area contributed by atoms with Crippen LogP contribution in [0, 0.1) is 6.92 Å². The summed E-state index contributed by atoms with van der Waals surface area (Å²) in [5, 5.41) is 12.8. The first-order valence-electron chi connectivity index (χ1n) is 6.62. The molecule has 0 spiro atoms. The number of rotatable bonds is 5. The average Bonchev–Trinajstić information content (AvgIpc) is 2.88. The number of aliphatic hydroxyl groups excluding tert-OH is 1. The Morgan fingerprint density at radius 1 is 1.76 bits per heavy atom. The van der Waals surface area contributed by atoms with E-state index in [1.54, 1.807) is 13.1 Å². The van der Waals surface area contributed by atoms with Gasteiger partial charge in [0.05, 0.1) is 13.2 Å². The van der Waals surface area contributed by atoms with Gasteiger partial charge in [-0.2, -0.15) is 4.98 Å². The molecule has 114 valence electrons. The van der Waals surface area contributed by atoms with Crippen LogP contribution in [-0.4, -0.2) is 33.6 Å². The highest BCUT2D eigenvalue weighted by atomic mass is 16.6. The second-order valence-corrected chi connectivity index (χ2v) is 4.76. The molecule has 0 bridgehead atoms. The molecule has 0 aromatic carbocycles. The van der Waals surface area contributed by atoms with Gasteiger partial charge in [0.1, 0.15) is 6.23 Å². The molecule has 9 heteroatoms. The molecule has 9 nitrogen and oxygen atoms in total. The van der Waals surface area contributed by atoms with Crippen molar-refractivity contribution in [2.75, 3.05) is 13.2 Å². The zero-order chi connectivity index (χ0) is 15.5. The Hall–Kier alpha value is -2.09. The highest BCUT2D eigenvalue weighted by Crippen LogP contribution is 2.36. The van der Waals surface area contributed by atoms with Crippen LogP contribution in [0.5, 0.6) is 5.88 Å². The van der Waals surface area contributed by atoms with Crippen molar-refractivity contribution in [3.05, 3.63) is 32.7 Å². The van der Waals surface area contributed by atoms with Crippen LogP contribution in [0.15, 0.2) is 16.1 Å². The van der Waals surface area contributed by atoms with E-state index in [1.165, 1.54) is 4.57 Å². The smallest absolute Gasteiger partial charge is 0.352 e. The van der Waals surface area contributed by atoms with Crippen molar-refractivity contribution in [1.82, 2.24) is 9.55 Å². The molecule has 1 N–H and O–H groups in total. The lowest BCUT2D eigenvalue weighted by Crippen LogP contribution is -2.33. The molecule has 1 aromatic rings. The molecule has 2 heterocycles. The number of aromatic nitrogens is 2. The molecule has 2 rings (SSSR count). The molecule has 0 unspecified atom stereocenters. The van der Waals surface area contributed by atoms with Crippen LogP contribution in [0.2, 0.25) is 0 Å². The number of ether oxygens (including phenoxy) is 2. The van der Waals surface area contributed by atoms with Gasteiger partial charge in [-0.05, 0) is 32.2 Å². The van der Waals surface area contributed by atoms with Gasteiger partial charge >= 0.3 is 5.69 Å². The normalized spacial score (nSPS) is 24.6. The molecule has 0 aliphatic carbocycles. The van der Waals surface area contributed by atoms with Crippen molar-refractivity contribution in [1.29, 1.82) is 0 Å². The molecular weight excluding hydrogens is 278 g/mol. The van der Waals surface area contributed by atoms with E-state index in [0.29, 0.717) is 30.9 Å². The van der Waals surface area contributed by atoms with E-state index in [4.69, 9.17) is 15.0 Å². The summed E-state index contributed by atoms with van der Waals surface area (Å²) < 4.78 is 12.2. The quantitative estimate of drug-likeness (QED) is 0.497. The molecule has 0 radical (unpaired) electrons.